The van der Waals surface area contributed by atoms with Crippen molar-refractivity contribution < 1.29 is 28.2 Å². The number of hydrogen-bond acceptors (Lipinski definition) is 7. The predicted octanol–water partition coefficient (Wildman–Crippen LogP) is 5.91. The van der Waals surface area contributed by atoms with Crippen molar-refractivity contribution in [3.05, 3.63) is 111 Å². The molecule has 0 fully saturated rings. The molecule has 0 saturated heterocycles. The van der Waals surface area contributed by atoms with Crippen LogP contribution in [0.25, 0.3) is 11.0 Å². The highest BCUT2D eigenvalue weighted by molar-refractivity contribution is 6.11. The molecule has 0 spiro atoms. The van der Waals surface area contributed by atoms with Gasteiger partial charge in [-0.05, 0) is 86.0 Å². The van der Waals surface area contributed by atoms with Crippen LogP contribution in [0.1, 0.15) is 56.1 Å². The molecule has 2 heterocycles. The lowest BCUT2D eigenvalue weighted by atomic mass is 9.96. The van der Waals surface area contributed by atoms with Gasteiger partial charge in [0.2, 0.25) is 5.76 Å². The Bertz CT molecular complexity index is 1700. The van der Waals surface area contributed by atoms with Crippen LogP contribution in [0, 0.1) is 13.8 Å². The van der Waals surface area contributed by atoms with Gasteiger partial charge in [-0.2, -0.15) is 0 Å². The molecule has 1 aliphatic heterocycles. The van der Waals surface area contributed by atoms with Crippen molar-refractivity contribution in [3.63, 3.8) is 0 Å². The van der Waals surface area contributed by atoms with Crippen LogP contribution in [0.3, 0.4) is 0 Å². The van der Waals surface area contributed by atoms with Crippen molar-refractivity contribution in [2.45, 2.75) is 26.8 Å². The summed E-state index contributed by atoms with van der Waals surface area (Å²) < 4.78 is 22.5. The van der Waals surface area contributed by atoms with Gasteiger partial charge in [0, 0.05) is 5.69 Å². The molecule has 0 radical (unpaired) electrons. The van der Waals surface area contributed by atoms with Crippen molar-refractivity contribution in [1.29, 1.82) is 0 Å². The summed E-state index contributed by atoms with van der Waals surface area (Å²) in [5.74, 6) is -0.0132. The number of benzene rings is 3. The third-order valence-corrected chi connectivity index (χ3v) is 7.00. The smallest absolute Gasteiger partial charge is 0.338 e. The maximum Gasteiger partial charge on any atom is 0.338 e. The van der Waals surface area contributed by atoms with Gasteiger partial charge in [-0.15, -0.1) is 0 Å². The number of aryl methyl sites for hydroxylation is 2. The second-order valence-corrected chi connectivity index (χ2v) is 9.46. The van der Waals surface area contributed by atoms with Crippen molar-refractivity contribution >= 4 is 28.5 Å². The molecule has 1 amide bonds. The average molecular weight is 540 g/mol. The van der Waals surface area contributed by atoms with Gasteiger partial charge in [0.05, 0.1) is 36.3 Å². The number of rotatable bonds is 8. The Kier molecular flexibility index (Phi) is 7.17. The average Bonchev–Trinajstić information content (AvgIpc) is 3.25. The number of carbonyl (C=O) groups is 2. The van der Waals surface area contributed by atoms with E-state index in [9.17, 15) is 14.4 Å². The Hall–Kier alpha value is -4.85. The fraction of sp³-hybridized carbons (Fsp3) is 0.219. The van der Waals surface area contributed by atoms with E-state index in [4.69, 9.17) is 18.6 Å². The number of esters is 1. The first-order valence-electron chi connectivity index (χ1n) is 12.9. The zero-order valence-electron chi connectivity index (χ0n) is 22.8. The minimum atomic E-state index is -0.819. The van der Waals surface area contributed by atoms with E-state index in [1.54, 1.807) is 67.6 Å². The summed E-state index contributed by atoms with van der Waals surface area (Å²) in [6.07, 6.45) is 1.63. The molecule has 5 rings (SSSR count). The van der Waals surface area contributed by atoms with E-state index < -0.39 is 17.9 Å². The molecule has 4 aromatic rings. The third-order valence-electron chi connectivity index (χ3n) is 7.00. The summed E-state index contributed by atoms with van der Waals surface area (Å²) in [5.41, 5.74) is 3.65. The molecule has 1 aliphatic rings. The summed E-state index contributed by atoms with van der Waals surface area (Å²) in [5, 5.41) is 0.400. The zero-order valence-corrected chi connectivity index (χ0v) is 22.8. The minimum Gasteiger partial charge on any atom is -0.493 e. The van der Waals surface area contributed by atoms with Gasteiger partial charge in [-0.3, -0.25) is 14.5 Å². The largest absolute Gasteiger partial charge is 0.493 e. The van der Waals surface area contributed by atoms with Gasteiger partial charge in [0.25, 0.3) is 5.91 Å². The second-order valence-electron chi connectivity index (χ2n) is 9.46. The zero-order chi connectivity index (χ0) is 28.6. The Morgan fingerprint density at radius 3 is 2.42 bits per heavy atom. The van der Waals surface area contributed by atoms with E-state index in [0.717, 1.165) is 11.1 Å². The lowest BCUT2D eigenvalue weighted by molar-refractivity contribution is 0.0526. The normalized spacial score (nSPS) is 14.2. The highest BCUT2D eigenvalue weighted by atomic mass is 16.5. The molecular weight excluding hydrogens is 510 g/mol. The Labute approximate surface area is 231 Å². The van der Waals surface area contributed by atoms with Crippen molar-refractivity contribution in [3.8, 4) is 11.5 Å². The van der Waals surface area contributed by atoms with Crippen LogP contribution >= 0.6 is 0 Å². The lowest BCUT2D eigenvalue weighted by Gasteiger charge is -2.26. The van der Waals surface area contributed by atoms with E-state index >= 15 is 0 Å². The predicted molar refractivity (Wildman–Crippen MR) is 152 cm³/mol. The standard InChI is InChI=1S/C32H29NO7/c1-6-14-39-24-13-10-21(17-26(24)37-5)28-27-29(34)23-15-18(3)19(4)16-25(23)40-30(27)31(35)33(28)22-11-8-20(9-12-22)32(36)38-7-2/h6,8-13,15-17,28H,1,7,14H2,2-5H3. The van der Waals surface area contributed by atoms with Crippen molar-refractivity contribution in [2.24, 2.45) is 0 Å². The van der Waals surface area contributed by atoms with Gasteiger partial charge < -0.3 is 18.6 Å². The monoisotopic (exact) mass is 539 g/mol. The van der Waals surface area contributed by atoms with Crippen molar-refractivity contribution in [1.82, 2.24) is 0 Å². The van der Waals surface area contributed by atoms with Gasteiger partial charge in [-0.1, -0.05) is 18.7 Å². The molecule has 0 bridgehead atoms. The van der Waals surface area contributed by atoms with E-state index in [1.165, 1.54) is 12.0 Å². The van der Waals surface area contributed by atoms with E-state index in [1.807, 2.05) is 13.8 Å². The summed E-state index contributed by atoms with van der Waals surface area (Å²) in [7, 11) is 1.52. The van der Waals surface area contributed by atoms with Crippen LogP contribution < -0.4 is 19.8 Å². The Morgan fingerprint density at radius 1 is 1.02 bits per heavy atom. The maximum absolute atomic E-state index is 14.0. The maximum atomic E-state index is 14.0. The number of carbonyl (C=O) groups excluding carboxylic acids is 2. The fourth-order valence-electron chi connectivity index (χ4n) is 4.90. The summed E-state index contributed by atoms with van der Waals surface area (Å²) in [6, 6.07) is 14.5. The van der Waals surface area contributed by atoms with Crippen molar-refractivity contribution in [2.75, 3.05) is 25.2 Å². The number of nitrogens with zero attached hydrogens (tertiary/aromatic N) is 1. The van der Waals surface area contributed by atoms with Crippen LogP contribution in [-0.4, -0.2) is 32.2 Å². The van der Waals surface area contributed by atoms with Crippen LogP contribution in [-0.2, 0) is 4.74 Å². The topological polar surface area (TPSA) is 95.3 Å². The number of fused-ring (bicyclic) bond motifs is 2. The first-order valence-corrected chi connectivity index (χ1v) is 12.9. The Balaban J connectivity index is 1.72. The molecule has 3 aromatic carbocycles. The lowest BCUT2D eigenvalue weighted by Crippen LogP contribution is -2.29. The molecule has 8 heteroatoms. The SMILES string of the molecule is C=CCOc1ccc(C2c3c(oc4cc(C)c(C)cc4c3=O)C(=O)N2c2ccc(C(=O)OCC)cc2)cc1OC. The van der Waals surface area contributed by atoms with E-state index in [-0.39, 0.29) is 30.0 Å². The minimum absolute atomic E-state index is 0.0221. The van der Waals surface area contributed by atoms with Crippen LogP contribution in [0.15, 0.2) is 76.5 Å². The first-order chi connectivity index (χ1) is 19.3. The second kappa shape index (κ2) is 10.7. The molecule has 0 aliphatic carbocycles. The molecule has 0 saturated carbocycles. The van der Waals surface area contributed by atoms with E-state index in [0.29, 0.717) is 39.3 Å². The highest BCUT2D eigenvalue weighted by Crippen LogP contribution is 2.43. The molecule has 8 nitrogen and oxygen atoms in total. The van der Waals surface area contributed by atoms with Gasteiger partial charge in [0.15, 0.2) is 16.9 Å². The Morgan fingerprint density at radius 2 is 1.75 bits per heavy atom. The van der Waals surface area contributed by atoms with Crippen LogP contribution in [0.2, 0.25) is 0 Å². The summed E-state index contributed by atoms with van der Waals surface area (Å²) >= 11 is 0. The van der Waals surface area contributed by atoms with Gasteiger partial charge >= 0.3 is 5.97 Å². The molecular formula is C32H29NO7. The molecule has 1 aromatic heterocycles. The van der Waals surface area contributed by atoms with E-state index in [2.05, 4.69) is 6.58 Å². The van der Waals surface area contributed by atoms with Crippen LogP contribution in [0.5, 0.6) is 11.5 Å². The number of anilines is 1. The van der Waals surface area contributed by atoms with Gasteiger partial charge in [-0.25, -0.2) is 4.79 Å². The molecule has 204 valence electrons. The first kappa shape index (κ1) is 26.7. The highest BCUT2D eigenvalue weighted by Gasteiger charge is 2.44. The quantitative estimate of drug-likeness (QED) is 0.203. The number of methoxy groups -OCH3 is 1. The number of amides is 1. The summed E-state index contributed by atoms with van der Waals surface area (Å²) in [6.45, 7) is 9.79. The number of hydrogen-bond donors (Lipinski definition) is 0. The summed E-state index contributed by atoms with van der Waals surface area (Å²) in [4.78, 5) is 41.7. The van der Waals surface area contributed by atoms with Crippen LogP contribution in [0.4, 0.5) is 5.69 Å². The number of ether oxygens (including phenoxy) is 3. The third kappa shape index (κ3) is 4.51. The molecule has 40 heavy (non-hydrogen) atoms. The molecule has 1 atom stereocenters. The van der Waals surface area contributed by atoms with Gasteiger partial charge in [0.1, 0.15) is 12.2 Å². The molecule has 1 unspecified atom stereocenters. The molecule has 0 N–H and O–H groups in total. The fourth-order valence-corrected chi connectivity index (χ4v) is 4.90.